The van der Waals surface area contributed by atoms with Crippen LogP contribution in [0.1, 0.15) is 19.8 Å². The molecule has 0 saturated heterocycles. The summed E-state index contributed by atoms with van der Waals surface area (Å²) in [4.78, 5) is 0. The van der Waals surface area contributed by atoms with Gasteiger partial charge in [0.1, 0.15) is 0 Å². The van der Waals surface area contributed by atoms with Gasteiger partial charge in [0.2, 0.25) is 0 Å². The van der Waals surface area contributed by atoms with Gasteiger partial charge in [-0.1, -0.05) is 24.9 Å². The van der Waals surface area contributed by atoms with Crippen molar-refractivity contribution < 1.29 is 4.74 Å². The zero-order valence-corrected chi connectivity index (χ0v) is 6.87. The molecule has 9 heavy (non-hydrogen) atoms. The average Bonchev–Trinajstić information content (AvgIpc) is 1.89. The monoisotopic (exact) mass is 168 g/mol. The summed E-state index contributed by atoms with van der Waals surface area (Å²) in [5, 5.41) is 0.269. The standard InChI is InChI=1S/C6H10Cl2O/c1-2-3-4-9-6(8)5-7/h5H,2-4H2,1H3/b6-5-. The fourth-order valence-corrected chi connectivity index (χ4v) is 0.486. The molecular weight excluding hydrogens is 159 g/mol. The molecule has 0 rings (SSSR count). The fraction of sp³-hybridized carbons (Fsp3) is 0.667. The van der Waals surface area contributed by atoms with Gasteiger partial charge in [-0.3, -0.25) is 0 Å². The Balaban J connectivity index is 3.07. The molecule has 0 fully saturated rings. The first-order chi connectivity index (χ1) is 4.31. The Morgan fingerprint density at radius 2 is 2.33 bits per heavy atom. The predicted molar refractivity (Wildman–Crippen MR) is 40.6 cm³/mol. The van der Waals surface area contributed by atoms with Crippen LogP contribution in [0.5, 0.6) is 0 Å². The summed E-state index contributed by atoms with van der Waals surface area (Å²) >= 11 is 10.6. The molecule has 0 aliphatic heterocycles. The molecule has 0 heterocycles. The Morgan fingerprint density at radius 1 is 1.67 bits per heavy atom. The summed E-state index contributed by atoms with van der Waals surface area (Å²) in [5.41, 5.74) is 1.22. The van der Waals surface area contributed by atoms with E-state index >= 15 is 0 Å². The number of halogens is 2. The highest BCUT2D eigenvalue weighted by molar-refractivity contribution is 6.35. The third kappa shape index (κ3) is 6.00. The van der Waals surface area contributed by atoms with E-state index in [4.69, 9.17) is 27.9 Å². The summed E-state index contributed by atoms with van der Waals surface area (Å²) in [7, 11) is 0. The highest BCUT2D eigenvalue weighted by Gasteiger charge is 1.88. The lowest BCUT2D eigenvalue weighted by molar-refractivity contribution is 0.231. The number of hydrogen-bond acceptors (Lipinski definition) is 1. The average molecular weight is 169 g/mol. The van der Waals surface area contributed by atoms with Crippen molar-refractivity contribution in [2.45, 2.75) is 19.8 Å². The Kier molecular flexibility index (Phi) is 6.33. The van der Waals surface area contributed by atoms with Crippen molar-refractivity contribution in [2.24, 2.45) is 0 Å². The maximum absolute atomic E-state index is 5.41. The molecule has 0 bridgehead atoms. The lowest BCUT2D eigenvalue weighted by Crippen LogP contribution is -1.88. The Morgan fingerprint density at radius 3 is 2.78 bits per heavy atom. The highest BCUT2D eigenvalue weighted by atomic mass is 35.5. The molecule has 0 N–H and O–H groups in total. The summed E-state index contributed by atoms with van der Waals surface area (Å²) in [6, 6.07) is 0. The van der Waals surface area contributed by atoms with Crippen molar-refractivity contribution in [2.75, 3.05) is 6.61 Å². The van der Waals surface area contributed by atoms with Crippen LogP contribution in [0.4, 0.5) is 0 Å². The normalized spacial score (nSPS) is 11.7. The Hall–Kier alpha value is 0.120. The van der Waals surface area contributed by atoms with Crippen LogP contribution in [0.3, 0.4) is 0 Å². The summed E-state index contributed by atoms with van der Waals surface area (Å²) in [6.45, 7) is 2.74. The topological polar surface area (TPSA) is 9.23 Å². The number of hydrogen-bond donors (Lipinski definition) is 0. The molecule has 54 valence electrons. The van der Waals surface area contributed by atoms with Crippen molar-refractivity contribution in [3.63, 3.8) is 0 Å². The zero-order chi connectivity index (χ0) is 7.11. The second-order valence-electron chi connectivity index (χ2n) is 1.62. The SMILES string of the molecule is CCCCO/C(Cl)=C\Cl. The molecule has 0 amide bonds. The van der Waals surface area contributed by atoms with Crippen LogP contribution in [-0.4, -0.2) is 6.61 Å². The molecule has 0 aromatic carbocycles. The van der Waals surface area contributed by atoms with Gasteiger partial charge in [-0.15, -0.1) is 0 Å². The molecule has 0 spiro atoms. The largest absolute Gasteiger partial charge is 0.482 e. The van der Waals surface area contributed by atoms with E-state index in [1.165, 1.54) is 5.54 Å². The molecule has 0 atom stereocenters. The van der Waals surface area contributed by atoms with Crippen molar-refractivity contribution in [1.82, 2.24) is 0 Å². The Bertz CT molecular complexity index is 91.1. The maximum atomic E-state index is 5.41. The van der Waals surface area contributed by atoms with Crippen LogP contribution >= 0.6 is 23.2 Å². The lowest BCUT2D eigenvalue weighted by atomic mass is 10.4. The van der Waals surface area contributed by atoms with Crippen LogP contribution < -0.4 is 0 Å². The molecule has 3 heteroatoms. The van der Waals surface area contributed by atoms with Crippen LogP contribution in [0.25, 0.3) is 0 Å². The van der Waals surface area contributed by atoms with Gasteiger partial charge < -0.3 is 4.74 Å². The first kappa shape index (κ1) is 9.12. The van der Waals surface area contributed by atoms with Gasteiger partial charge in [0.25, 0.3) is 0 Å². The molecule has 0 unspecified atom stereocenters. The zero-order valence-electron chi connectivity index (χ0n) is 5.36. The van der Waals surface area contributed by atoms with E-state index in [0.29, 0.717) is 6.61 Å². The first-order valence-corrected chi connectivity index (χ1v) is 3.71. The number of rotatable bonds is 4. The van der Waals surface area contributed by atoms with E-state index in [9.17, 15) is 0 Å². The van der Waals surface area contributed by atoms with Gasteiger partial charge in [0.05, 0.1) is 12.1 Å². The summed E-state index contributed by atoms with van der Waals surface area (Å²) < 4.78 is 4.93. The van der Waals surface area contributed by atoms with Gasteiger partial charge in [0, 0.05) is 0 Å². The van der Waals surface area contributed by atoms with E-state index in [0.717, 1.165) is 12.8 Å². The minimum absolute atomic E-state index is 0.269. The van der Waals surface area contributed by atoms with Gasteiger partial charge in [0.15, 0.2) is 5.22 Å². The minimum Gasteiger partial charge on any atom is -0.482 e. The highest BCUT2D eigenvalue weighted by Crippen LogP contribution is 2.05. The van der Waals surface area contributed by atoms with Gasteiger partial charge >= 0.3 is 0 Å². The van der Waals surface area contributed by atoms with Crippen molar-refractivity contribution >= 4 is 23.2 Å². The molecule has 0 radical (unpaired) electrons. The van der Waals surface area contributed by atoms with Crippen LogP contribution in [0.15, 0.2) is 10.8 Å². The van der Waals surface area contributed by atoms with E-state index in [1.54, 1.807) is 0 Å². The van der Waals surface area contributed by atoms with Crippen LogP contribution in [-0.2, 0) is 4.74 Å². The van der Waals surface area contributed by atoms with Gasteiger partial charge in [-0.05, 0) is 18.0 Å². The molecule has 0 aromatic heterocycles. The van der Waals surface area contributed by atoms with E-state index in [1.807, 2.05) is 0 Å². The minimum atomic E-state index is 0.269. The van der Waals surface area contributed by atoms with Crippen molar-refractivity contribution in [3.05, 3.63) is 10.8 Å². The third-order valence-electron chi connectivity index (χ3n) is 0.824. The van der Waals surface area contributed by atoms with Gasteiger partial charge in [-0.2, -0.15) is 0 Å². The van der Waals surface area contributed by atoms with Gasteiger partial charge in [-0.25, -0.2) is 0 Å². The summed E-state index contributed by atoms with van der Waals surface area (Å²) in [6.07, 6.45) is 2.12. The maximum Gasteiger partial charge on any atom is 0.198 e. The Labute approximate surface area is 65.6 Å². The van der Waals surface area contributed by atoms with E-state index < -0.39 is 0 Å². The molecular formula is C6H10Cl2O. The van der Waals surface area contributed by atoms with E-state index in [-0.39, 0.29) is 5.22 Å². The second-order valence-corrected chi connectivity index (χ2v) is 2.21. The quantitative estimate of drug-likeness (QED) is 0.464. The smallest absolute Gasteiger partial charge is 0.198 e. The molecule has 0 saturated carbocycles. The van der Waals surface area contributed by atoms with Crippen LogP contribution in [0, 0.1) is 0 Å². The van der Waals surface area contributed by atoms with Crippen molar-refractivity contribution in [1.29, 1.82) is 0 Å². The molecule has 1 nitrogen and oxygen atoms in total. The predicted octanol–water partition coefficient (Wildman–Crippen LogP) is 3.08. The third-order valence-corrected chi connectivity index (χ3v) is 1.35. The lowest BCUT2D eigenvalue weighted by Gasteiger charge is -1.99. The fourth-order valence-electron chi connectivity index (χ4n) is 0.346. The first-order valence-electron chi connectivity index (χ1n) is 2.90. The molecule has 0 aromatic rings. The number of ether oxygens (including phenoxy) is 1. The number of unbranched alkanes of at least 4 members (excludes halogenated alkanes) is 1. The second kappa shape index (κ2) is 6.24. The van der Waals surface area contributed by atoms with E-state index in [2.05, 4.69) is 6.92 Å². The molecule has 0 aliphatic carbocycles. The van der Waals surface area contributed by atoms with Crippen LogP contribution in [0.2, 0.25) is 0 Å². The molecule has 0 aliphatic rings. The van der Waals surface area contributed by atoms with Crippen molar-refractivity contribution in [3.8, 4) is 0 Å². The summed E-state index contributed by atoms with van der Waals surface area (Å²) in [5.74, 6) is 0.